The van der Waals surface area contributed by atoms with E-state index in [-0.39, 0.29) is 35.6 Å². The van der Waals surface area contributed by atoms with Crippen LogP contribution in [0.3, 0.4) is 0 Å². The Hall–Kier alpha value is -5.03. The number of hydrogen-bond donors (Lipinski definition) is 4. The Balaban J connectivity index is 1.25. The molecule has 0 saturated carbocycles. The predicted molar refractivity (Wildman–Crippen MR) is 185 cm³/mol. The third-order valence-electron chi connectivity index (χ3n) is 8.18. The summed E-state index contributed by atoms with van der Waals surface area (Å²) in [5.41, 5.74) is 10.5. The molecule has 3 amide bonds. The first-order valence-electron chi connectivity index (χ1n) is 15.8. The Kier molecular flexibility index (Phi) is 10.9. The van der Waals surface area contributed by atoms with Crippen LogP contribution in [-0.4, -0.2) is 79.8 Å². The number of amides is 3. The molecule has 2 aliphatic heterocycles. The molecule has 2 heterocycles. The van der Waals surface area contributed by atoms with Gasteiger partial charge < -0.3 is 26.4 Å². The summed E-state index contributed by atoms with van der Waals surface area (Å²) >= 11 is 0. The van der Waals surface area contributed by atoms with Crippen molar-refractivity contribution in [3.8, 4) is 17.2 Å². The third kappa shape index (κ3) is 8.09. The number of aliphatic imine (C=N–C) groups is 1. The molecule has 5 N–H and O–H groups in total. The first-order chi connectivity index (χ1) is 23.1. The van der Waals surface area contributed by atoms with Crippen LogP contribution >= 0.6 is 0 Å². The van der Waals surface area contributed by atoms with E-state index in [0.29, 0.717) is 67.2 Å². The van der Waals surface area contributed by atoms with Gasteiger partial charge in [-0.3, -0.25) is 4.79 Å². The number of rotatable bonds is 12. The Morgan fingerprint density at radius 2 is 1.85 bits per heavy atom. The van der Waals surface area contributed by atoms with Crippen molar-refractivity contribution in [2.75, 3.05) is 44.6 Å². The third-order valence-corrected chi connectivity index (χ3v) is 10.0. The summed E-state index contributed by atoms with van der Waals surface area (Å²) in [6.45, 7) is 3.85. The molecule has 0 spiro atoms. The van der Waals surface area contributed by atoms with Gasteiger partial charge in [-0.25, -0.2) is 18.2 Å². The van der Waals surface area contributed by atoms with Gasteiger partial charge in [-0.1, -0.05) is 37.3 Å². The number of sulfonamides is 1. The summed E-state index contributed by atoms with van der Waals surface area (Å²) in [5, 5.41) is 23.8. The summed E-state index contributed by atoms with van der Waals surface area (Å²) in [5.74, 6) is 0.0941. The van der Waals surface area contributed by atoms with Gasteiger partial charge in [-0.15, -0.1) is 0 Å². The number of nitrogens with two attached hydrogens (primary N) is 1. The van der Waals surface area contributed by atoms with Gasteiger partial charge in [0.25, 0.3) is 0 Å². The van der Waals surface area contributed by atoms with Crippen LogP contribution in [0.25, 0.3) is 17.2 Å². The number of amidine groups is 1. The Morgan fingerprint density at radius 1 is 1.08 bits per heavy atom. The smallest absolute Gasteiger partial charge is 0.319 e. The number of aliphatic hydroxyl groups excluding tert-OH is 1. The fourth-order valence-corrected chi connectivity index (χ4v) is 7.27. The number of aliphatic hydroxyl groups is 1. The first kappa shape index (κ1) is 34.3. The highest BCUT2D eigenvalue weighted by Gasteiger charge is 2.36. The molecule has 1 fully saturated rings. The lowest BCUT2D eigenvalue weighted by Crippen LogP contribution is -2.51. The number of benzene rings is 3. The maximum atomic E-state index is 13.7. The molecule has 12 nitrogen and oxygen atoms in total. The SMILES string of the molecule is CCCN(CCCNC(=O)Nc1cccc(C#N)c1)C(=O)C1=Cc2ccc(-c3cccc(S(=O)(=O)N4CC(CO)C4)c3)cc2N=C(N)C1. The van der Waals surface area contributed by atoms with Crippen LogP contribution in [0.2, 0.25) is 0 Å². The Bertz CT molecular complexity index is 1890. The van der Waals surface area contributed by atoms with Crippen LogP contribution in [0.1, 0.15) is 37.3 Å². The molecule has 0 aliphatic carbocycles. The molecule has 3 aromatic carbocycles. The summed E-state index contributed by atoms with van der Waals surface area (Å²) in [6, 6.07) is 20.5. The molecule has 1 saturated heterocycles. The Labute approximate surface area is 280 Å². The van der Waals surface area contributed by atoms with E-state index >= 15 is 0 Å². The number of fused-ring (bicyclic) bond motifs is 1. The minimum absolute atomic E-state index is 0.0358. The van der Waals surface area contributed by atoms with E-state index in [2.05, 4.69) is 15.6 Å². The molecule has 3 aromatic rings. The number of carbonyl (C=O) groups is 2. The second-order valence-electron chi connectivity index (χ2n) is 11.8. The van der Waals surface area contributed by atoms with Crippen LogP contribution in [0.5, 0.6) is 0 Å². The van der Waals surface area contributed by atoms with E-state index in [1.165, 1.54) is 4.31 Å². The number of carbonyl (C=O) groups excluding carboxylic acids is 2. The monoisotopic (exact) mass is 669 g/mol. The fraction of sp³-hybridized carbons (Fsp3) is 0.314. The van der Waals surface area contributed by atoms with Gasteiger partial charge >= 0.3 is 6.03 Å². The molecule has 5 rings (SSSR count). The van der Waals surface area contributed by atoms with Gasteiger partial charge in [0.1, 0.15) is 5.84 Å². The fourth-order valence-electron chi connectivity index (χ4n) is 5.63. The topological polar surface area (TPSA) is 181 Å². The van der Waals surface area contributed by atoms with Crippen molar-refractivity contribution in [1.29, 1.82) is 5.26 Å². The number of nitriles is 1. The number of nitrogens with zero attached hydrogens (tertiary/aromatic N) is 4. The van der Waals surface area contributed by atoms with Crippen molar-refractivity contribution < 1.29 is 23.1 Å². The Morgan fingerprint density at radius 3 is 2.60 bits per heavy atom. The van der Waals surface area contributed by atoms with Crippen LogP contribution < -0.4 is 16.4 Å². The molecule has 2 aliphatic rings. The van der Waals surface area contributed by atoms with Gasteiger partial charge in [-0.2, -0.15) is 9.57 Å². The summed E-state index contributed by atoms with van der Waals surface area (Å²) in [6.07, 6.45) is 3.25. The molecule has 0 aromatic heterocycles. The van der Waals surface area contributed by atoms with E-state index < -0.39 is 16.1 Å². The van der Waals surface area contributed by atoms with Crippen molar-refractivity contribution in [3.05, 3.63) is 83.4 Å². The molecule has 13 heteroatoms. The average molecular weight is 670 g/mol. The number of hydrogen-bond acceptors (Lipinski definition) is 8. The highest BCUT2D eigenvalue weighted by Crippen LogP contribution is 2.34. The van der Waals surface area contributed by atoms with E-state index in [9.17, 15) is 23.1 Å². The van der Waals surface area contributed by atoms with Crippen LogP contribution in [0.4, 0.5) is 16.2 Å². The largest absolute Gasteiger partial charge is 0.396 e. The zero-order chi connectivity index (χ0) is 34.3. The second-order valence-corrected chi connectivity index (χ2v) is 13.8. The lowest BCUT2D eigenvalue weighted by atomic mass is 10.0. The zero-order valence-corrected chi connectivity index (χ0v) is 27.5. The van der Waals surface area contributed by atoms with Crippen LogP contribution in [0, 0.1) is 17.2 Å². The van der Waals surface area contributed by atoms with E-state index in [1.807, 2.05) is 37.3 Å². The second kappa shape index (κ2) is 15.2. The summed E-state index contributed by atoms with van der Waals surface area (Å²) in [4.78, 5) is 32.6. The molecule has 0 bridgehead atoms. The molecule has 250 valence electrons. The lowest BCUT2D eigenvalue weighted by molar-refractivity contribution is -0.127. The first-order valence-corrected chi connectivity index (χ1v) is 17.3. The maximum Gasteiger partial charge on any atom is 0.319 e. The van der Waals surface area contributed by atoms with E-state index in [0.717, 1.165) is 17.5 Å². The van der Waals surface area contributed by atoms with Crippen molar-refractivity contribution in [3.63, 3.8) is 0 Å². The van der Waals surface area contributed by atoms with Crippen molar-refractivity contribution in [1.82, 2.24) is 14.5 Å². The highest BCUT2D eigenvalue weighted by molar-refractivity contribution is 7.89. The number of nitrogens with one attached hydrogen (secondary N) is 2. The molecule has 48 heavy (non-hydrogen) atoms. The van der Waals surface area contributed by atoms with Crippen molar-refractivity contribution >= 4 is 45.2 Å². The van der Waals surface area contributed by atoms with Crippen LogP contribution in [0.15, 0.2) is 82.2 Å². The average Bonchev–Trinajstić information content (AvgIpc) is 3.22. The van der Waals surface area contributed by atoms with E-state index in [1.54, 1.807) is 53.4 Å². The van der Waals surface area contributed by atoms with E-state index in [4.69, 9.17) is 11.0 Å². The summed E-state index contributed by atoms with van der Waals surface area (Å²) in [7, 11) is -3.68. The standard InChI is InChI=1S/C35H39N7O5S/c1-2-13-41(14-5-12-38-35(45)39-30-8-3-6-24(15-30)20-36)34(44)29-16-28-11-10-27(18-32(28)40-33(37)19-29)26-7-4-9-31(17-26)48(46,47)42-21-25(22-42)23-43/h3-4,6-11,15-18,25,43H,2,5,12-14,19,21-23H2,1H3,(H2,37,40)(H2,38,39,45). The summed E-state index contributed by atoms with van der Waals surface area (Å²) < 4.78 is 27.6. The number of urea groups is 1. The number of anilines is 1. The molecular weight excluding hydrogens is 630 g/mol. The highest BCUT2D eigenvalue weighted by atomic mass is 32.2. The predicted octanol–water partition coefficient (Wildman–Crippen LogP) is 4.06. The van der Waals surface area contributed by atoms with Gasteiger partial charge in [0.05, 0.1) is 22.2 Å². The minimum Gasteiger partial charge on any atom is -0.396 e. The van der Waals surface area contributed by atoms with Gasteiger partial charge in [0.15, 0.2) is 0 Å². The van der Waals surface area contributed by atoms with Crippen molar-refractivity contribution in [2.24, 2.45) is 16.6 Å². The van der Waals surface area contributed by atoms with Crippen molar-refractivity contribution in [2.45, 2.75) is 31.1 Å². The van der Waals surface area contributed by atoms with Gasteiger partial charge in [-0.05, 0) is 66.4 Å². The van der Waals surface area contributed by atoms with Gasteiger partial charge in [0.2, 0.25) is 15.9 Å². The van der Waals surface area contributed by atoms with Gasteiger partial charge in [0, 0.05) is 68.5 Å². The zero-order valence-electron chi connectivity index (χ0n) is 26.7. The molecular formula is C35H39N7O5S. The molecule has 0 unspecified atom stereocenters. The minimum atomic E-state index is -3.68. The lowest BCUT2D eigenvalue weighted by Gasteiger charge is -2.36. The quantitative estimate of drug-likeness (QED) is 0.210. The molecule has 0 atom stereocenters. The molecule has 0 radical (unpaired) electrons. The normalized spacial score (nSPS) is 14.8. The van der Waals surface area contributed by atoms with Crippen LogP contribution in [-0.2, 0) is 14.8 Å². The maximum absolute atomic E-state index is 13.7.